The first-order chi connectivity index (χ1) is 10.1. The SMILES string of the molecule is COc1ccc(C(=O)N2CCN3C(=O)CCC3C2)cc1N. The van der Waals surface area contributed by atoms with Gasteiger partial charge in [0.2, 0.25) is 5.91 Å². The van der Waals surface area contributed by atoms with Crippen molar-refractivity contribution in [2.24, 2.45) is 0 Å². The summed E-state index contributed by atoms with van der Waals surface area (Å²) < 4.78 is 5.10. The Morgan fingerprint density at radius 1 is 1.38 bits per heavy atom. The monoisotopic (exact) mass is 289 g/mol. The van der Waals surface area contributed by atoms with Gasteiger partial charge >= 0.3 is 0 Å². The number of nitrogens with zero attached hydrogens (tertiary/aromatic N) is 2. The van der Waals surface area contributed by atoms with Gasteiger partial charge in [0.15, 0.2) is 0 Å². The van der Waals surface area contributed by atoms with Gasteiger partial charge in [0.05, 0.1) is 12.8 Å². The third-order valence-corrected chi connectivity index (χ3v) is 4.26. The fourth-order valence-corrected chi connectivity index (χ4v) is 3.10. The number of hydrogen-bond donors (Lipinski definition) is 1. The number of benzene rings is 1. The molecule has 3 rings (SSSR count). The second-order valence-corrected chi connectivity index (χ2v) is 5.49. The maximum atomic E-state index is 12.5. The highest BCUT2D eigenvalue weighted by atomic mass is 16.5. The minimum atomic E-state index is -0.0386. The second kappa shape index (κ2) is 5.27. The third kappa shape index (κ3) is 2.41. The number of hydrogen-bond acceptors (Lipinski definition) is 4. The van der Waals surface area contributed by atoms with Crippen molar-refractivity contribution in [2.75, 3.05) is 32.5 Å². The van der Waals surface area contributed by atoms with Gasteiger partial charge in [-0.25, -0.2) is 0 Å². The Morgan fingerprint density at radius 2 is 2.19 bits per heavy atom. The largest absolute Gasteiger partial charge is 0.495 e. The maximum Gasteiger partial charge on any atom is 0.254 e. The lowest BCUT2D eigenvalue weighted by Gasteiger charge is -2.37. The zero-order chi connectivity index (χ0) is 15.0. The van der Waals surface area contributed by atoms with Crippen molar-refractivity contribution in [3.05, 3.63) is 23.8 Å². The molecule has 0 saturated carbocycles. The van der Waals surface area contributed by atoms with E-state index in [1.165, 1.54) is 0 Å². The second-order valence-electron chi connectivity index (χ2n) is 5.49. The van der Waals surface area contributed by atoms with Gasteiger partial charge in [0.25, 0.3) is 5.91 Å². The zero-order valence-corrected chi connectivity index (χ0v) is 12.0. The van der Waals surface area contributed by atoms with E-state index in [0.29, 0.717) is 43.1 Å². The first-order valence-corrected chi connectivity index (χ1v) is 7.12. The van der Waals surface area contributed by atoms with Crippen LogP contribution < -0.4 is 10.5 Å². The number of anilines is 1. The van der Waals surface area contributed by atoms with E-state index in [1.54, 1.807) is 30.2 Å². The van der Waals surface area contributed by atoms with E-state index in [4.69, 9.17) is 10.5 Å². The third-order valence-electron chi connectivity index (χ3n) is 4.26. The topological polar surface area (TPSA) is 75.9 Å². The van der Waals surface area contributed by atoms with E-state index in [-0.39, 0.29) is 17.9 Å². The number of amides is 2. The molecule has 1 unspecified atom stereocenters. The van der Waals surface area contributed by atoms with Crippen LogP contribution in [0.1, 0.15) is 23.2 Å². The summed E-state index contributed by atoms with van der Waals surface area (Å²) in [6.07, 6.45) is 1.44. The molecular formula is C15H19N3O3. The number of carbonyl (C=O) groups is 2. The number of rotatable bonds is 2. The molecule has 6 nitrogen and oxygen atoms in total. The van der Waals surface area contributed by atoms with Crippen LogP contribution >= 0.6 is 0 Å². The van der Waals surface area contributed by atoms with Gasteiger partial charge in [-0.1, -0.05) is 0 Å². The van der Waals surface area contributed by atoms with Crippen molar-refractivity contribution in [2.45, 2.75) is 18.9 Å². The smallest absolute Gasteiger partial charge is 0.254 e. The highest BCUT2D eigenvalue weighted by molar-refractivity contribution is 5.95. The summed E-state index contributed by atoms with van der Waals surface area (Å²) in [6.45, 7) is 1.81. The Hall–Kier alpha value is -2.24. The van der Waals surface area contributed by atoms with Crippen LogP contribution in [0.15, 0.2) is 18.2 Å². The van der Waals surface area contributed by atoms with Crippen LogP contribution in [-0.4, -0.2) is 54.4 Å². The molecule has 2 aliphatic heterocycles. The van der Waals surface area contributed by atoms with Gasteiger partial charge < -0.3 is 20.3 Å². The Balaban J connectivity index is 1.74. The Kier molecular flexibility index (Phi) is 3.45. The molecule has 1 atom stereocenters. The molecule has 2 saturated heterocycles. The summed E-state index contributed by atoms with van der Waals surface area (Å²) in [7, 11) is 1.55. The summed E-state index contributed by atoms with van der Waals surface area (Å²) in [5.74, 6) is 0.738. The molecule has 0 aliphatic carbocycles. The van der Waals surface area contributed by atoms with E-state index in [1.807, 2.05) is 4.90 Å². The number of piperazine rings is 1. The number of nitrogens with two attached hydrogens (primary N) is 1. The minimum Gasteiger partial charge on any atom is -0.495 e. The normalized spacial score (nSPS) is 21.4. The Bertz CT molecular complexity index is 588. The van der Waals surface area contributed by atoms with Gasteiger partial charge in [-0.05, 0) is 24.6 Å². The van der Waals surface area contributed by atoms with Crippen LogP contribution in [-0.2, 0) is 4.79 Å². The molecule has 1 aromatic carbocycles. The van der Waals surface area contributed by atoms with Gasteiger partial charge in [-0.2, -0.15) is 0 Å². The van der Waals surface area contributed by atoms with Gasteiger partial charge in [0.1, 0.15) is 5.75 Å². The molecule has 2 aliphatic rings. The molecule has 6 heteroatoms. The Labute approximate surface area is 123 Å². The molecule has 1 aromatic rings. The van der Waals surface area contributed by atoms with E-state index >= 15 is 0 Å². The average Bonchev–Trinajstić information content (AvgIpc) is 2.87. The molecule has 2 amide bonds. The van der Waals surface area contributed by atoms with Crippen LogP contribution in [0, 0.1) is 0 Å². The number of carbonyl (C=O) groups excluding carboxylic acids is 2. The van der Waals surface area contributed by atoms with Crippen molar-refractivity contribution in [1.82, 2.24) is 9.80 Å². The lowest BCUT2D eigenvalue weighted by atomic mass is 10.1. The number of ether oxygens (including phenoxy) is 1. The zero-order valence-electron chi connectivity index (χ0n) is 12.0. The van der Waals surface area contributed by atoms with Crippen molar-refractivity contribution in [3.63, 3.8) is 0 Å². The molecule has 0 spiro atoms. The first-order valence-electron chi connectivity index (χ1n) is 7.12. The summed E-state index contributed by atoms with van der Waals surface area (Å²) in [6, 6.07) is 5.25. The maximum absolute atomic E-state index is 12.5. The van der Waals surface area contributed by atoms with Gasteiger partial charge in [0, 0.05) is 37.7 Å². The predicted molar refractivity (Wildman–Crippen MR) is 78.0 cm³/mol. The summed E-state index contributed by atoms with van der Waals surface area (Å²) >= 11 is 0. The standard InChI is InChI=1S/C15H19N3O3/c1-21-13-4-2-10(8-12(13)16)15(20)17-6-7-18-11(9-17)3-5-14(18)19/h2,4,8,11H,3,5-7,9,16H2,1H3. The van der Waals surface area contributed by atoms with E-state index in [0.717, 1.165) is 6.42 Å². The fraction of sp³-hybridized carbons (Fsp3) is 0.467. The summed E-state index contributed by atoms with van der Waals surface area (Å²) in [5.41, 5.74) is 6.87. The predicted octanol–water partition coefficient (Wildman–Crippen LogP) is 0.724. The van der Waals surface area contributed by atoms with Crippen LogP contribution in [0.4, 0.5) is 5.69 Å². The molecule has 0 radical (unpaired) electrons. The highest BCUT2D eigenvalue weighted by Crippen LogP contribution is 2.26. The van der Waals surface area contributed by atoms with Crippen molar-refractivity contribution in [1.29, 1.82) is 0 Å². The lowest BCUT2D eigenvalue weighted by Crippen LogP contribution is -2.53. The molecule has 112 valence electrons. The average molecular weight is 289 g/mol. The summed E-state index contributed by atoms with van der Waals surface area (Å²) in [4.78, 5) is 27.9. The first kappa shape index (κ1) is 13.7. The molecule has 0 aromatic heterocycles. The van der Waals surface area contributed by atoms with E-state index in [9.17, 15) is 9.59 Å². The van der Waals surface area contributed by atoms with Gasteiger partial charge in [-0.3, -0.25) is 9.59 Å². The molecule has 2 fully saturated rings. The molecule has 21 heavy (non-hydrogen) atoms. The number of nitrogen functional groups attached to an aromatic ring is 1. The van der Waals surface area contributed by atoms with Crippen LogP contribution in [0.2, 0.25) is 0 Å². The Morgan fingerprint density at radius 3 is 2.90 bits per heavy atom. The van der Waals surface area contributed by atoms with Crippen LogP contribution in [0.3, 0.4) is 0 Å². The molecular weight excluding hydrogens is 270 g/mol. The minimum absolute atomic E-state index is 0.0386. The quantitative estimate of drug-likeness (QED) is 0.814. The van der Waals surface area contributed by atoms with Crippen LogP contribution in [0.5, 0.6) is 5.75 Å². The van der Waals surface area contributed by atoms with E-state index < -0.39 is 0 Å². The fourth-order valence-electron chi connectivity index (χ4n) is 3.10. The number of fused-ring (bicyclic) bond motifs is 1. The molecule has 2 N–H and O–H groups in total. The van der Waals surface area contributed by atoms with Crippen molar-refractivity contribution < 1.29 is 14.3 Å². The van der Waals surface area contributed by atoms with Gasteiger partial charge in [-0.15, -0.1) is 0 Å². The summed E-state index contributed by atoms with van der Waals surface area (Å²) in [5, 5.41) is 0. The van der Waals surface area contributed by atoms with E-state index in [2.05, 4.69) is 0 Å². The number of methoxy groups -OCH3 is 1. The van der Waals surface area contributed by atoms with Crippen molar-refractivity contribution in [3.8, 4) is 5.75 Å². The van der Waals surface area contributed by atoms with Crippen molar-refractivity contribution >= 4 is 17.5 Å². The lowest BCUT2D eigenvalue weighted by molar-refractivity contribution is -0.130. The highest BCUT2D eigenvalue weighted by Gasteiger charge is 2.37. The van der Waals surface area contributed by atoms with Crippen LogP contribution in [0.25, 0.3) is 0 Å². The molecule has 0 bridgehead atoms. The molecule has 2 heterocycles.